The molecule has 0 aliphatic carbocycles. The normalized spacial score (nSPS) is 17.5. The van der Waals surface area contributed by atoms with Gasteiger partial charge in [-0.3, -0.25) is 4.98 Å². The molecule has 35 heavy (non-hydrogen) atoms. The van der Waals surface area contributed by atoms with E-state index in [1.54, 1.807) is 31.5 Å². The van der Waals surface area contributed by atoms with Crippen LogP contribution in [-0.4, -0.2) is 26.9 Å². The van der Waals surface area contributed by atoms with Crippen LogP contribution in [0.15, 0.2) is 72.9 Å². The molecule has 2 aromatic carbocycles. The third-order valence-corrected chi connectivity index (χ3v) is 6.95. The maximum Gasteiger partial charge on any atom is 0.174 e. The first-order valence-corrected chi connectivity index (χ1v) is 12.0. The Balaban J connectivity index is 1.70. The second-order valence-corrected chi connectivity index (χ2v) is 9.32. The SMILES string of the molecule is COc1cccc(-n2c(C)cc([C@H]3[C@H](c4ccccn4)NC(=S)N3c3cc(Cl)ccc3O)c2C)c1. The highest BCUT2D eigenvalue weighted by Gasteiger charge is 2.43. The molecule has 178 valence electrons. The smallest absolute Gasteiger partial charge is 0.174 e. The number of hydrogen-bond donors (Lipinski definition) is 2. The Labute approximate surface area is 214 Å². The van der Waals surface area contributed by atoms with Crippen LogP contribution in [0, 0.1) is 13.8 Å². The predicted molar refractivity (Wildman–Crippen MR) is 143 cm³/mol. The fourth-order valence-corrected chi connectivity index (χ4v) is 5.36. The fraction of sp³-hybridized carbons (Fsp3) is 0.185. The number of phenolic OH excluding ortho intramolecular Hbond substituents is 1. The van der Waals surface area contributed by atoms with Crippen LogP contribution in [0.3, 0.4) is 0 Å². The third-order valence-electron chi connectivity index (χ3n) is 6.40. The quantitative estimate of drug-likeness (QED) is 0.323. The van der Waals surface area contributed by atoms with Crippen LogP contribution < -0.4 is 15.0 Å². The highest BCUT2D eigenvalue weighted by Crippen LogP contribution is 2.46. The average Bonchev–Trinajstić information content (AvgIpc) is 3.36. The van der Waals surface area contributed by atoms with Crippen molar-refractivity contribution in [3.8, 4) is 17.2 Å². The van der Waals surface area contributed by atoms with Gasteiger partial charge in [-0.2, -0.15) is 0 Å². The first kappa shape index (κ1) is 23.2. The van der Waals surface area contributed by atoms with Crippen molar-refractivity contribution in [3.05, 3.63) is 101 Å². The zero-order valence-corrected chi connectivity index (χ0v) is 21.1. The van der Waals surface area contributed by atoms with E-state index in [4.69, 9.17) is 28.6 Å². The standard InChI is InChI=1S/C27H25ClN4O2S/c1-16-13-21(17(2)31(16)19-7-6-8-20(15-19)34-3)26-25(22-9-4-5-12-29-22)30-27(35)32(26)23-14-18(28)10-11-24(23)33/h4-15,25-26,33H,1-3H3,(H,30,35)/t25-,26-/m0/s1. The molecule has 2 N–H and O–H groups in total. The highest BCUT2D eigenvalue weighted by molar-refractivity contribution is 7.80. The van der Waals surface area contributed by atoms with Crippen molar-refractivity contribution in [2.45, 2.75) is 25.9 Å². The number of anilines is 1. The largest absolute Gasteiger partial charge is 0.506 e. The molecule has 0 unspecified atom stereocenters. The molecule has 4 aromatic rings. The van der Waals surface area contributed by atoms with Crippen LogP contribution in [0.4, 0.5) is 5.69 Å². The minimum absolute atomic E-state index is 0.104. The Bertz CT molecular complexity index is 1410. The summed E-state index contributed by atoms with van der Waals surface area (Å²) in [7, 11) is 1.66. The molecule has 0 spiro atoms. The van der Waals surface area contributed by atoms with Gasteiger partial charge in [0.1, 0.15) is 11.5 Å². The number of methoxy groups -OCH3 is 1. The molecule has 1 saturated heterocycles. The first-order valence-electron chi connectivity index (χ1n) is 11.2. The molecule has 8 heteroatoms. The molecule has 3 heterocycles. The molecule has 1 aliphatic heterocycles. The summed E-state index contributed by atoms with van der Waals surface area (Å²) >= 11 is 12.1. The van der Waals surface area contributed by atoms with Gasteiger partial charge in [0.25, 0.3) is 0 Å². The van der Waals surface area contributed by atoms with E-state index in [2.05, 4.69) is 40.8 Å². The van der Waals surface area contributed by atoms with E-state index in [0.29, 0.717) is 15.8 Å². The van der Waals surface area contributed by atoms with Gasteiger partial charge in [-0.25, -0.2) is 0 Å². The number of pyridine rings is 1. The van der Waals surface area contributed by atoms with Gasteiger partial charge < -0.3 is 24.6 Å². The van der Waals surface area contributed by atoms with Crippen LogP contribution in [0.25, 0.3) is 5.69 Å². The van der Waals surface area contributed by atoms with Crippen LogP contribution in [0.1, 0.15) is 34.7 Å². The van der Waals surface area contributed by atoms with Crippen LogP contribution in [0.2, 0.25) is 5.02 Å². The van der Waals surface area contributed by atoms with E-state index >= 15 is 0 Å². The molecule has 2 aromatic heterocycles. The van der Waals surface area contributed by atoms with E-state index in [0.717, 1.165) is 34.1 Å². The van der Waals surface area contributed by atoms with Gasteiger partial charge in [-0.1, -0.05) is 23.7 Å². The molecule has 1 fully saturated rings. The van der Waals surface area contributed by atoms with Crippen molar-refractivity contribution in [2.75, 3.05) is 12.0 Å². The summed E-state index contributed by atoms with van der Waals surface area (Å²) in [5.74, 6) is 0.893. The molecule has 0 amide bonds. The number of phenols is 1. The maximum atomic E-state index is 10.8. The molecular weight excluding hydrogens is 480 g/mol. The van der Waals surface area contributed by atoms with Crippen LogP contribution >= 0.6 is 23.8 Å². The van der Waals surface area contributed by atoms with Gasteiger partial charge in [-0.15, -0.1) is 0 Å². The number of aromatic hydroxyl groups is 1. The summed E-state index contributed by atoms with van der Waals surface area (Å²) in [5, 5.41) is 15.2. The maximum absolute atomic E-state index is 10.8. The monoisotopic (exact) mass is 504 g/mol. The molecule has 5 rings (SSSR count). The predicted octanol–water partition coefficient (Wildman–Crippen LogP) is 6.03. The Hall–Kier alpha value is -3.55. The van der Waals surface area contributed by atoms with E-state index in [1.807, 2.05) is 41.3 Å². The molecule has 1 aliphatic rings. The van der Waals surface area contributed by atoms with E-state index < -0.39 is 0 Å². The lowest BCUT2D eigenvalue weighted by Gasteiger charge is -2.28. The van der Waals surface area contributed by atoms with Crippen molar-refractivity contribution in [2.24, 2.45) is 0 Å². The second kappa shape index (κ2) is 9.24. The van der Waals surface area contributed by atoms with Gasteiger partial charge in [0.2, 0.25) is 0 Å². The molecule has 6 nitrogen and oxygen atoms in total. The van der Waals surface area contributed by atoms with Crippen molar-refractivity contribution in [1.29, 1.82) is 0 Å². The van der Waals surface area contributed by atoms with Crippen LogP contribution in [-0.2, 0) is 0 Å². The Morgan fingerprint density at radius 3 is 2.63 bits per heavy atom. The number of nitrogens with zero attached hydrogens (tertiary/aromatic N) is 3. The first-order chi connectivity index (χ1) is 16.9. The summed E-state index contributed by atoms with van der Waals surface area (Å²) in [4.78, 5) is 6.56. The Kier molecular flexibility index (Phi) is 6.13. The van der Waals surface area contributed by atoms with Crippen molar-refractivity contribution < 1.29 is 9.84 Å². The van der Waals surface area contributed by atoms with E-state index in [9.17, 15) is 5.11 Å². The van der Waals surface area contributed by atoms with E-state index in [1.165, 1.54) is 0 Å². The van der Waals surface area contributed by atoms with Gasteiger partial charge in [-0.05, 0) is 80.2 Å². The number of hydrogen-bond acceptors (Lipinski definition) is 4. The van der Waals surface area contributed by atoms with Gasteiger partial charge in [0.15, 0.2) is 5.11 Å². The average molecular weight is 505 g/mol. The number of aryl methyl sites for hydroxylation is 1. The van der Waals surface area contributed by atoms with Crippen molar-refractivity contribution >= 4 is 34.6 Å². The van der Waals surface area contributed by atoms with Gasteiger partial charge in [0, 0.05) is 34.4 Å². The minimum atomic E-state index is -0.271. The van der Waals surface area contributed by atoms with Crippen molar-refractivity contribution in [1.82, 2.24) is 14.9 Å². The molecular formula is C27H25ClN4O2S. The van der Waals surface area contributed by atoms with E-state index in [-0.39, 0.29) is 17.8 Å². The summed E-state index contributed by atoms with van der Waals surface area (Å²) in [6, 6.07) is 20.5. The number of aromatic nitrogens is 2. The summed E-state index contributed by atoms with van der Waals surface area (Å²) in [5.41, 5.74) is 5.59. The molecule has 2 atom stereocenters. The number of thiocarbonyl (C=S) groups is 1. The topological polar surface area (TPSA) is 62.5 Å². The Morgan fingerprint density at radius 1 is 1.06 bits per heavy atom. The molecule has 0 bridgehead atoms. The lowest BCUT2D eigenvalue weighted by Crippen LogP contribution is -2.29. The second-order valence-electron chi connectivity index (χ2n) is 8.49. The fourth-order valence-electron chi connectivity index (χ4n) is 4.85. The zero-order valence-electron chi connectivity index (χ0n) is 19.6. The summed E-state index contributed by atoms with van der Waals surface area (Å²) < 4.78 is 7.65. The molecule has 0 saturated carbocycles. The zero-order chi connectivity index (χ0) is 24.7. The minimum Gasteiger partial charge on any atom is -0.506 e. The number of halogens is 1. The van der Waals surface area contributed by atoms with Crippen LogP contribution in [0.5, 0.6) is 11.5 Å². The van der Waals surface area contributed by atoms with Crippen molar-refractivity contribution in [3.63, 3.8) is 0 Å². The molecule has 0 radical (unpaired) electrons. The lowest BCUT2D eigenvalue weighted by molar-refractivity contribution is 0.414. The van der Waals surface area contributed by atoms with Gasteiger partial charge in [0.05, 0.1) is 30.6 Å². The number of nitrogens with one attached hydrogen (secondary N) is 1. The Morgan fingerprint density at radius 2 is 1.89 bits per heavy atom. The number of benzene rings is 2. The summed E-state index contributed by atoms with van der Waals surface area (Å²) in [6.45, 7) is 4.17. The lowest BCUT2D eigenvalue weighted by atomic mass is 9.96. The number of ether oxygens (including phenoxy) is 1. The summed E-state index contributed by atoms with van der Waals surface area (Å²) in [6.07, 6.45) is 1.77. The number of rotatable bonds is 5. The van der Waals surface area contributed by atoms with Gasteiger partial charge >= 0.3 is 0 Å². The highest BCUT2D eigenvalue weighted by atomic mass is 35.5. The third kappa shape index (κ3) is 4.11.